The highest BCUT2D eigenvalue weighted by Gasteiger charge is 2.27. The van der Waals surface area contributed by atoms with Crippen molar-refractivity contribution in [3.8, 4) is 0 Å². The average Bonchev–Trinajstić information content (AvgIpc) is 1.62. The molecule has 0 saturated heterocycles. The normalized spacial score (nSPS) is 15.1. The van der Waals surface area contributed by atoms with E-state index in [4.69, 9.17) is 16.6 Å². The fourth-order valence-electron chi connectivity index (χ4n) is 0.348. The zero-order valence-corrected chi connectivity index (χ0v) is 5.59. The van der Waals surface area contributed by atoms with E-state index in [-0.39, 0.29) is 0 Å². The Hall–Kier alpha value is -0.610. The molecule has 0 unspecified atom stereocenters. The maximum absolute atomic E-state index is 10.3. The third-order valence-corrected chi connectivity index (χ3v) is 1.07. The molecule has 0 radical (unpaired) electrons. The zero-order chi connectivity index (χ0) is 7.65. The van der Waals surface area contributed by atoms with Crippen molar-refractivity contribution in [2.45, 2.75) is 25.5 Å². The van der Waals surface area contributed by atoms with Gasteiger partial charge in [0.1, 0.15) is 6.04 Å². The van der Waals surface area contributed by atoms with Crippen molar-refractivity contribution in [2.24, 2.45) is 11.5 Å². The standard InChI is InChI=1S/C5H12N2O2/c1-5(2,9)3(6)4(7)8/h3,9H,6H2,1-2H3,(H2,7,8)/t3-/m1/s1. The molecule has 0 aromatic heterocycles. The molecule has 0 bridgehead atoms. The molecule has 1 atom stereocenters. The van der Waals surface area contributed by atoms with Gasteiger partial charge in [-0.25, -0.2) is 0 Å². The summed E-state index contributed by atoms with van der Waals surface area (Å²) in [7, 11) is 0. The van der Waals surface area contributed by atoms with Crippen LogP contribution < -0.4 is 11.5 Å². The van der Waals surface area contributed by atoms with Crippen molar-refractivity contribution in [1.82, 2.24) is 0 Å². The van der Waals surface area contributed by atoms with E-state index in [0.717, 1.165) is 0 Å². The Labute approximate surface area is 53.8 Å². The number of primary amides is 1. The van der Waals surface area contributed by atoms with Gasteiger partial charge in [0.05, 0.1) is 5.60 Å². The fraction of sp³-hybridized carbons (Fsp3) is 0.800. The molecule has 4 nitrogen and oxygen atoms in total. The van der Waals surface area contributed by atoms with Crippen LogP contribution in [-0.2, 0) is 4.79 Å². The third-order valence-electron chi connectivity index (χ3n) is 1.07. The molecule has 0 aliphatic rings. The molecule has 0 aliphatic heterocycles. The second kappa shape index (κ2) is 2.33. The first-order chi connectivity index (χ1) is 3.85. The monoisotopic (exact) mass is 132 g/mol. The van der Waals surface area contributed by atoms with Crippen LogP contribution in [0, 0.1) is 0 Å². The van der Waals surface area contributed by atoms with Gasteiger partial charge in [-0.2, -0.15) is 0 Å². The second-order valence-corrected chi connectivity index (χ2v) is 2.53. The number of carbonyl (C=O) groups is 1. The van der Waals surface area contributed by atoms with Crippen LogP contribution in [0.25, 0.3) is 0 Å². The molecule has 0 fully saturated rings. The molecule has 0 saturated carbocycles. The molecular formula is C5H12N2O2. The van der Waals surface area contributed by atoms with E-state index in [0.29, 0.717) is 0 Å². The van der Waals surface area contributed by atoms with E-state index in [1.807, 2.05) is 0 Å². The van der Waals surface area contributed by atoms with E-state index < -0.39 is 17.6 Å². The van der Waals surface area contributed by atoms with Gasteiger partial charge >= 0.3 is 0 Å². The summed E-state index contributed by atoms with van der Waals surface area (Å²) >= 11 is 0. The van der Waals surface area contributed by atoms with Crippen molar-refractivity contribution in [3.05, 3.63) is 0 Å². The largest absolute Gasteiger partial charge is 0.388 e. The van der Waals surface area contributed by atoms with Gasteiger partial charge in [-0.1, -0.05) is 0 Å². The predicted molar refractivity (Wildman–Crippen MR) is 33.5 cm³/mol. The van der Waals surface area contributed by atoms with Gasteiger partial charge in [0.25, 0.3) is 0 Å². The van der Waals surface area contributed by atoms with E-state index in [1.165, 1.54) is 13.8 Å². The summed E-state index contributed by atoms with van der Waals surface area (Å²) in [5.41, 5.74) is 8.75. The highest BCUT2D eigenvalue weighted by molar-refractivity contribution is 5.80. The highest BCUT2D eigenvalue weighted by atomic mass is 16.3. The molecule has 0 aromatic rings. The maximum atomic E-state index is 10.3. The number of amides is 1. The molecule has 0 aliphatic carbocycles. The van der Waals surface area contributed by atoms with E-state index in [9.17, 15) is 4.79 Å². The van der Waals surface area contributed by atoms with Crippen LogP contribution >= 0.6 is 0 Å². The van der Waals surface area contributed by atoms with Gasteiger partial charge in [0.15, 0.2) is 0 Å². The molecule has 0 rings (SSSR count). The third kappa shape index (κ3) is 2.43. The molecule has 0 heterocycles. The molecule has 5 N–H and O–H groups in total. The molecule has 0 aromatic carbocycles. The minimum absolute atomic E-state index is 0.692. The molecule has 1 amide bonds. The lowest BCUT2D eigenvalue weighted by Crippen LogP contribution is -2.51. The van der Waals surface area contributed by atoms with Gasteiger partial charge in [0.2, 0.25) is 5.91 Å². The van der Waals surface area contributed by atoms with Crippen molar-refractivity contribution in [3.63, 3.8) is 0 Å². The number of hydrogen-bond donors (Lipinski definition) is 3. The van der Waals surface area contributed by atoms with Crippen LogP contribution in [0.3, 0.4) is 0 Å². The Morgan fingerprint density at radius 2 is 2.00 bits per heavy atom. The van der Waals surface area contributed by atoms with Crippen LogP contribution in [0.1, 0.15) is 13.8 Å². The van der Waals surface area contributed by atoms with E-state index in [1.54, 1.807) is 0 Å². The van der Waals surface area contributed by atoms with Crippen LogP contribution in [0.4, 0.5) is 0 Å². The summed E-state index contributed by atoms with van der Waals surface area (Å²) in [6.07, 6.45) is 0. The number of aliphatic hydroxyl groups is 1. The lowest BCUT2D eigenvalue weighted by molar-refractivity contribution is -0.123. The Morgan fingerprint density at radius 3 is 2.00 bits per heavy atom. The second-order valence-electron chi connectivity index (χ2n) is 2.53. The minimum Gasteiger partial charge on any atom is -0.388 e. The van der Waals surface area contributed by atoms with Crippen LogP contribution in [0.5, 0.6) is 0 Å². The Balaban J connectivity index is 4.04. The van der Waals surface area contributed by atoms with Crippen LogP contribution in [0.15, 0.2) is 0 Å². The van der Waals surface area contributed by atoms with Crippen molar-refractivity contribution >= 4 is 5.91 Å². The van der Waals surface area contributed by atoms with E-state index in [2.05, 4.69) is 0 Å². The number of nitrogens with two attached hydrogens (primary N) is 2. The van der Waals surface area contributed by atoms with Crippen molar-refractivity contribution < 1.29 is 9.90 Å². The van der Waals surface area contributed by atoms with Crippen molar-refractivity contribution in [2.75, 3.05) is 0 Å². The highest BCUT2D eigenvalue weighted by Crippen LogP contribution is 2.04. The number of rotatable bonds is 2. The SMILES string of the molecule is CC(C)(O)[C@H](N)C(N)=O. The van der Waals surface area contributed by atoms with Crippen LogP contribution in [-0.4, -0.2) is 22.7 Å². The summed E-state index contributed by atoms with van der Waals surface area (Å²) in [6, 6.07) is -0.988. The van der Waals surface area contributed by atoms with Gasteiger partial charge < -0.3 is 16.6 Å². The number of carbonyl (C=O) groups excluding carboxylic acids is 1. The maximum Gasteiger partial charge on any atom is 0.237 e. The number of hydrogen-bond acceptors (Lipinski definition) is 3. The van der Waals surface area contributed by atoms with Gasteiger partial charge in [-0.15, -0.1) is 0 Å². The molecule has 4 heteroatoms. The molecule has 54 valence electrons. The van der Waals surface area contributed by atoms with Gasteiger partial charge in [0, 0.05) is 0 Å². The molecule has 0 spiro atoms. The lowest BCUT2D eigenvalue weighted by atomic mass is 10.00. The summed E-state index contributed by atoms with van der Waals surface area (Å²) in [6.45, 7) is 2.87. The Kier molecular flexibility index (Phi) is 2.17. The first-order valence-corrected chi connectivity index (χ1v) is 2.63. The van der Waals surface area contributed by atoms with Gasteiger partial charge in [-0.3, -0.25) is 4.79 Å². The summed E-state index contributed by atoms with van der Waals surface area (Å²) in [5, 5.41) is 9.03. The van der Waals surface area contributed by atoms with E-state index >= 15 is 0 Å². The Morgan fingerprint density at radius 1 is 1.67 bits per heavy atom. The van der Waals surface area contributed by atoms with Gasteiger partial charge in [-0.05, 0) is 13.8 Å². The first kappa shape index (κ1) is 8.39. The summed E-state index contributed by atoms with van der Waals surface area (Å²) in [4.78, 5) is 10.3. The van der Waals surface area contributed by atoms with Crippen molar-refractivity contribution in [1.29, 1.82) is 0 Å². The first-order valence-electron chi connectivity index (χ1n) is 2.63. The smallest absolute Gasteiger partial charge is 0.237 e. The molecule has 9 heavy (non-hydrogen) atoms. The Bertz CT molecular complexity index is 117. The lowest BCUT2D eigenvalue weighted by Gasteiger charge is -2.21. The quantitative estimate of drug-likeness (QED) is 0.430. The summed E-state index contributed by atoms with van der Waals surface area (Å²) < 4.78 is 0. The van der Waals surface area contributed by atoms with Crippen LogP contribution in [0.2, 0.25) is 0 Å². The predicted octanol–water partition coefficient (Wildman–Crippen LogP) is -1.43. The topological polar surface area (TPSA) is 89.3 Å². The zero-order valence-electron chi connectivity index (χ0n) is 5.59. The minimum atomic E-state index is -1.22. The summed E-state index contributed by atoms with van der Waals surface area (Å²) in [5.74, 6) is -0.692. The average molecular weight is 132 g/mol. The molecular weight excluding hydrogens is 120 g/mol. The fourth-order valence-corrected chi connectivity index (χ4v) is 0.348.